The van der Waals surface area contributed by atoms with Crippen LogP contribution in [0.4, 0.5) is 16.2 Å². The number of rotatable bonds is 9. The number of amides is 4. The van der Waals surface area contributed by atoms with Gasteiger partial charge in [-0.2, -0.15) is 0 Å². The summed E-state index contributed by atoms with van der Waals surface area (Å²) in [7, 11) is 0. The first-order chi connectivity index (χ1) is 15.8. The molecule has 2 aromatic carbocycles. The van der Waals surface area contributed by atoms with E-state index in [9.17, 15) is 24.5 Å². The number of carbonyl (C=O) groups excluding carboxylic acids is 3. The van der Waals surface area contributed by atoms with Crippen molar-refractivity contribution in [2.45, 2.75) is 32.6 Å². The lowest BCUT2D eigenvalue weighted by Gasteiger charge is -2.26. The monoisotopic (exact) mass is 515 g/mol. The van der Waals surface area contributed by atoms with Gasteiger partial charge in [0.25, 0.3) is 17.5 Å². The molecule has 0 aromatic heterocycles. The van der Waals surface area contributed by atoms with Crippen LogP contribution in [0.2, 0.25) is 0 Å². The molecule has 0 radical (unpaired) electrons. The molecule has 33 heavy (non-hydrogen) atoms. The van der Waals surface area contributed by atoms with E-state index in [2.05, 4.69) is 28.2 Å². The van der Waals surface area contributed by atoms with Gasteiger partial charge in [0.2, 0.25) is 0 Å². The molecule has 0 spiro atoms. The number of anilines is 1. The third kappa shape index (κ3) is 5.83. The van der Waals surface area contributed by atoms with Crippen molar-refractivity contribution < 1.29 is 24.0 Å². The predicted octanol–water partition coefficient (Wildman–Crippen LogP) is 4.98. The molecule has 0 unspecified atom stereocenters. The first-order valence-electron chi connectivity index (χ1n) is 10.4. The highest BCUT2D eigenvalue weighted by Gasteiger charge is 2.37. The third-order valence-corrected chi connectivity index (χ3v) is 5.42. The van der Waals surface area contributed by atoms with E-state index in [1.54, 1.807) is 18.2 Å². The molecule has 1 aliphatic heterocycles. The second-order valence-corrected chi connectivity index (χ2v) is 8.24. The molecule has 10 heteroatoms. The molecule has 3 rings (SSSR count). The molecular weight excluding hydrogens is 494 g/mol. The van der Waals surface area contributed by atoms with Gasteiger partial charge in [0.1, 0.15) is 11.3 Å². The van der Waals surface area contributed by atoms with Crippen molar-refractivity contribution in [1.82, 2.24) is 5.32 Å². The number of imide groups is 2. The number of hydrogen-bond acceptors (Lipinski definition) is 6. The van der Waals surface area contributed by atoms with E-state index in [1.807, 2.05) is 0 Å². The van der Waals surface area contributed by atoms with Crippen LogP contribution in [0, 0.1) is 10.1 Å². The number of unbranched alkanes of at least 4 members (excludes halogenated alkanes) is 3. The number of nitro benzene ring substituents is 1. The quantitative estimate of drug-likeness (QED) is 0.165. The summed E-state index contributed by atoms with van der Waals surface area (Å²) in [5.74, 6) is -1.26. The van der Waals surface area contributed by atoms with Gasteiger partial charge in [-0.1, -0.05) is 48.2 Å². The van der Waals surface area contributed by atoms with Crippen LogP contribution in [0.5, 0.6) is 5.75 Å². The molecule has 0 aliphatic carbocycles. The van der Waals surface area contributed by atoms with Crippen LogP contribution in [0.25, 0.3) is 6.08 Å². The van der Waals surface area contributed by atoms with Gasteiger partial charge in [0, 0.05) is 22.2 Å². The molecule has 172 valence electrons. The Morgan fingerprint density at radius 1 is 1.12 bits per heavy atom. The first-order valence-corrected chi connectivity index (χ1v) is 11.2. The van der Waals surface area contributed by atoms with E-state index in [-0.39, 0.29) is 16.9 Å². The standard InChI is InChI=1S/C23H22BrN3O6/c1-2-3-4-5-11-33-20-10-9-16(24)12-15(20)13-19-21(28)25-23(30)26(22(19)29)17-7-6-8-18(14-17)27(31)32/h6-10,12-14H,2-5,11H2,1H3,(H,25,28,30)/b19-13-. The second-order valence-electron chi connectivity index (χ2n) is 7.33. The van der Waals surface area contributed by atoms with Gasteiger partial charge in [-0.05, 0) is 36.8 Å². The number of benzene rings is 2. The van der Waals surface area contributed by atoms with Crippen LogP contribution in [-0.2, 0) is 9.59 Å². The third-order valence-electron chi connectivity index (χ3n) is 4.93. The highest BCUT2D eigenvalue weighted by Crippen LogP contribution is 2.29. The van der Waals surface area contributed by atoms with Crippen molar-refractivity contribution in [2.24, 2.45) is 0 Å². The van der Waals surface area contributed by atoms with Crippen LogP contribution >= 0.6 is 15.9 Å². The zero-order valence-corrected chi connectivity index (χ0v) is 19.5. The van der Waals surface area contributed by atoms with Crippen molar-refractivity contribution >= 4 is 51.2 Å². The Morgan fingerprint density at radius 3 is 2.64 bits per heavy atom. The summed E-state index contributed by atoms with van der Waals surface area (Å²) < 4.78 is 6.57. The van der Waals surface area contributed by atoms with Gasteiger partial charge in [0.15, 0.2) is 0 Å². The van der Waals surface area contributed by atoms with Crippen LogP contribution in [-0.4, -0.2) is 29.4 Å². The number of nitro groups is 1. The highest BCUT2D eigenvalue weighted by atomic mass is 79.9. The molecule has 0 saturated carbocycles. The zero-order valence-electron chi connectivity index (χ0n) is 17.9. The number of hydrogen-bond donors (Lipinski definition) is 1. The van der Waals surface area contributed by atoms with Gasteiger partial charge in [-0.3, -0.25) is 25.0 Å². The Morgan fingerprint density at radius 2 is 1.91 bits per heavy atom. The van der Waals surface area contributed by atoms with E-state index in [1.165, 1.54) is 24.3 Å². The van der Waals surface area contributed by atoms with E-state index in [0.717, 1.165) is 31.7 Å². The summed E-state index contributed by atoms with van der Waals surface area (Å²) in [6.07, 6.45) is 5.46. The number of carbonyl (C=O) groups is 3. The summed E-state index contributed by atoms with van der Waals surface area (Å²) in [5.41, 5.74) is -0.130. The van der Waals surface area contributed by atoms with Crippen molar-refractivity contribution in [3.8, 4) is 5.75 Å². The average molecular weight is 516 g/mol. The Kier molecular flexibility index (Phi) is 7.94. The van der Waals surface area contributed by atoms with E-state index < -0.39 is 22.8 Å². The maximum Gasteiger partial charge on any atom is 0.335 e. The van der Waals surface area contributed by atoms with Crippen LogP contribution in [0.15, 0.2) is 52.5 Å². The molecule has 1 aliphatic rings. The number of barbiturate groups is 1. The lowest BCUT2D eigenvalue weighted by molar-refractivity contribution is -0.384. The Hall–Kier alpha value is -3.53. The van der Waals surface area contributed by atoms with Gasteiger partial charge >= 0.3 is 6.03 Å². The summed E-state index contributed by atoms with van der Waals surface area (Å²) in [6, 6.07) is 9.29. The summed E-state index contributed by atoms with van der Waals surface area (Å²) in [5, 5.41) is 13.2. The smallest absolute Gasteiger partial charge is 0.335 e. The van der Waals surface area contributed by atoms with E-state index >= 15 is 0 Å². The van der Waals surface area contributed by atoms with Crippen LogP contribution in [0.1, 0.15) is 38.2 Å². The molecule has 2 aromatic rings. The van der Waals surface area contributed by atoms with Gasteiger partial charge < -0.3 is 4.74 Å². The van der Waals surface area contributed by atoms with Crippen LogP contribution < -0.4 is 15.0 Å². The van der Waals surface area contributed by atoms with Gasteiger partial charge in [-0.25, -0.2) is 9.69 Å². The van der Waals surface area contributed by atoms with Gasteiger partial charge in [0.05, 0.1) is 17.2 Å². The highest BCUT2D eigenvalue weighted by molar-refractivity contribution is 9.10. The fourth-order valence-corrected chi connectivity index (χ4v) is 3.65. The second kappa shape index (κ2) is 10.9. The van der Waals surface area contributed by atoms with Crippen LogP contribution in [0.3, 0.4) is 0 Å². The van der Waals surface area contributed by atoms with Crippen molar-refractivity contribution in [1.29, 1.82) is 0 Å². The molecule has 1 saturated heterocycles. The Bertz CT molecular complexity index is 1130. The zero-order chi connectivity index (χ0) is 24.0. The first kappa shape index (κ1) is 24.1. The molecular formula is C23H22BrN3O6. The average Bonchev–Trinajstić information content (AvgIpc) is 2.77. The normalized spacial score (nSPS) is 15.0. The minimum atomic E-state index is -0.982. The molecule has 1 heterocycles. The summed E-state index contributed by atoms with van der Waals surface area (Å²) in [6.45, 7) is 2.60. The molecule has 9 nitrogen and oxygen atoms in total. The fourth-order valence-electron chi connectivity index (χ4n) is 3.27. The minimum Gasteiger partial charge on any atom is -0.493 e. The number of nitrogens with zero attached hydrogens (tertiary/aromatic N) is 2. The predicted molar refractivity (Wildman–Crippen MR) is 126 cm³/mol. The fraction of sp³-hybridized carbons (Fsp3) is 0.261. The number of halogens is 1. The Balaban J connectivity index is 1.93. The number of non-ortho nitro benzene ring substituents is 1. The minimum absolute atomic E-state index is 0.0215. The largest absolute Gasteiger partial charge is 0.493 e. The van der Waals surface area contributed by atoms with Gasteiger partial charge in [-0.15, -0.1) is 0 Å². The van der Waals surface area contributed by atoms with Crippen molar-refractivity contribution in [3.05, 3.63) is 68.2 Å². The van der Waals surface area contributed by atoms with E-state index in [0.29, 0.717) is 27.3 Å². The number of nitrogens with one attached hydrogen (secondary N) is 1. The summed E-state index contributed by atoms with van der Waals surface area (Å²) in [4.78, 5) is 49.1. The van der Waals surface area contributed by atoms with Crippen molar-refractivity contribution in [3.63, 3.8) is 0 Å². The Labute approximate surface area is 198 Å². The maximum absolute atomic E-state index is 13.1. The lowest BCUT2D eigenvalue weighted by Crippen LogP contribution is -2.54. The maximum atomic E-state index is 13.1. The molecule has 0 bridgehead atoms. The topological polar surface area (TPSA) is 119 Å². The molecule has 4 amide bonds. The SMILES string of the molecule is CCCCCCOc1ccc(Br)cc1/C=C1/C(=O)NC(=O)N(c2cccc([N+](=O)[O-])c2)C1=O. The number of ether oxygens (including phenoxy) is 1. The lowest BCUT2D eigenvalue weighted by atomic mass is 10.1. The van der Waals surface area contributed by atoms with E-state index in [4.69, 9.17) is 4.74 Å². The summed E-state index contributed by atoms with van der Waals surface area (Å²) >= 11 is 3.37. The molecule has 1 fully saturated rings. The molecule has 1 N–H and O–H groups in total. The number of urea groups is 1. The van der Waals surface area contributed by atoms with Crippen molar-refractivity contribution in [2.75, 3.05) is 11.5 Å². The molecule has 0 atom stereocenters.